The Morgan fingerprint density at radius 2 is 1.84 bits per heavy atom. The van der Waals surface area contributed by atoms with Gasteiger partial charge in [-0.2, -0.15) is 5.10 Å². The predicted molar refractivity (Wildman–Crippen MR) is 118 cm³/mol. The molecule has 0 unspecified atom stereocenters. The highest BCUT2D eigenvalue weighted by Crippen LogP contribution is 2.34. The highest BCUT2D eigenvalue weighted by atomic mass is 32.2. The Labute approximate surface area is 186 Å². The zero-order valence-corrected chi connectivity index (χ0v) is 18.4. The number of ether oxygens (including phenoxy) is 2. The van der Waals surface area contributed by atoms with E-state index < -0.39 is 10.0 Å². The number of nitrogens with one attached hydrogen (secondary N) is 1. The van der Waals surface area contributed by atoms with E-state index in [1.807, 2.05) is 18.2 Å². The maximum absolute atomic E-state index is 12.9. The fourth-order valence-electron chi connectivity index (χ4n) is 3.44. The van der Waals surface area contributed by atoms with E-state index in [2.05, 4.69) is 10.4 Å². The standard InChI is InChI=1S/C22H24N4O5S/c1-26-14-18(21(25-26)16-5-8-19-20(13-16)31-12-2-11-30-19)22(27)24-10-9-15-3-6-17(7-4-15)32(23,28)29/h3-8,13-14H,2,9-12H2,1H3,(H,24,27)(H2,23,28,29). The lowest BCUT2D eigenvalue weighted by Gasteiger charge is -2.10. The molecule has 0 bridgehead atoms. The van der Waals surface area contributed by atoms with E-state index in [0.29, 0.717) is 48.9 Å². The van der Waals surface area contributed by atoms with E-state index in [9.17, 15) is 13.2 Å². The minimum Gasteiger partial charge on any atom is -0.490 e. The van der Waals surface area contributed by atoms with Crippen LogP contribution in [-0.4, -0.2) is 43.9 Å². The quantitative estimate of drug-likeness (QED) is 0.583. The minimum absolute atomic E-state index is 0.0559. The lowest BCUT2D eigenvalue weighted by Crippen LogP contribution is -2.26. The van der Waals surface area contributed by atoms with Crippen LogP contribution in [0.2, 0.25) is 0 Å². The number of sulfonamides is 1. The van der Waals surface area contributed by atoms with Crippen molar-refractivity contribution in [3.05, 3.63) is 59.8 Å². The summed E-state index contributed by atoms with van der Waals surface area (Å²) in [6.07, 6.45) is 3.02. The Bertz CT molecular complexity index is 1240. The molecule has 1 aliphatic rings. The molecule has 0 spiro atoms. The number of rotatable bonds is 6. The van der Waals surface area contributed by atoms with Crippen molar-refractivity contribution in [2.75, 3.05) is 19.8 Å². The number of amides is 1. The Morgan fingerprint density at radius 1 is 1.12 bits per heavy atom. The van der Waals surface area contributed by atoms with E-state index in [-0.39, 0.29) is 10.8 Å². The number of nitrogens with zero attached hydrogens (tertiary/aromatic N) is 2. The Balaban J connectivity index is 1.45. The number of nitrogens with two attached hydrogens (primary N) is 1. The summed E-state index contributed by atoms with van der Waals surface area (Å²) in [5.74, 6) is 1.07. The van der Waals surface area contributed by atoms with Crippen LogP contribution in [0.15, 0.2) is 53.6 Å². The summed E-state index contributed by atoms with van der Waals surface area (Å²) in [5.41, 5.74) is 2.65. The van der Waals surface area contributed by atoms with Crippen LogP contribution in [0.3, 0.4) is 0 Å². The molecule has 2 heterocycles. The van der Waals surface area contributed by atoms with Gasteiger partial charge in [0, 0.05) is 31.8 Å². The highest BCUT2D eigenvalue weighted by Gasteiger charge is 2.19. The van der Waals surface area contributed by atoms with Crippen LogP contribution < -0.4 is 19.9 Å². The van der Waals surface area contributed by atoms with Crippen LogP contribution in [0.1, 0.15) is 22.3 Å². The van der Waals surface area contributed by atoms with Crippen molar-refractivity contribution in [3.63, 3.8) is 0 Å². The molecule has 1 aliphatic heterocycles. The predicted octanol–water partition coefficient (Wildman–Crippen LogP) is 1.87. The summed E-state index contributed by atoms with van der Waals surface area (Å²) < 4.78 is 35.7. The first-order valence-corrected chi connectivity index (χ1v) is 11.7. The molecule has 32 heavy (non-hydrogen) atoms. The first kappa shape index (κ1) is 21.8. The second-order valence-electron chi connectivity index (χ2n) is 7.47. The molecule has 3 aromatic rings. The molecular formula is C22H24N4O5S. The number of carbonyl (C=O) groups excluding carboxylic acids is 1. The average molecular weight is 457 g/mol. The molecule has 0 fully saturated rings. The van der Waals surface area contributed by atoms with Crippen LogP contribution in [-0.2, 0) is 23.5 Å². The monoisotopic (exact) mass is 456 g/mol. The number of aromatic nitrogens is 2. The second-order valence-corrected chi connectivity index (χ2v) is 9.03. The summed E-state index contributed by atoms with van der Waals surface area (Å²) in [6, 6.07) is 11.8. The number of hydrogen-bond acceptors (Lipinski definition) is 6. The van der Waals surface area contributed by atoms with Crippen molar-refractivity contribution in [2.45, 2.75) is 17.7 Å². The van der Waals surface area contributed by atoms with Crippen LogP contribution >= 0.6 is 0 Å². The Morgan fingerprint density at radius 3 is 2.56 bits per heavy atom. The number of fused-ring (bicyclic) bond motifs is 1. The molecule has 4 rings (SSSR count). The van der Waals surface area contributed by atoms with Crippen molar-refractivity contribution in [1.82, 2.24) is 15.1 Å². The maximum atomic E-state index is 12.9. The van der Waals surface area contributed by atoms with Gasteiger partial charge in [0.05, 0.1) is 23.7 Å². The van der Waals surface area contributed by atoms with Crippen molar-refractivity contribution < 1.29 is 22.7 Å². The molecule has 0 saturated carbocycles. The topological polar surface area (TPSA) is 126 Å². The molecule has 168 valence electrons. The van der Waals surface area contributed by atoms with E-state index in [0.717, 1.165) is 17.5 Å². The number of hydrogen-bond donors (Lipinski definition) is 2. The van der Waals surface area contributed by atoms with Crippen molar-refractivity contribution in [1.29, 1.82) is 0 Å². The van der Waals surface area contributed by atoms with Gasteiger partial charge in [0.1, 0.15) is 5.69 Å². The maximum Gasteiger partial charge on any atom is 0.255 e. The van der Waals surface area contributed by atoms with Gasteiger partial charge < -0.3 is 14.8 Å². The third-order valence-electron chi connectivity index (χ3n) is 5.05. The lowest BCUT2D eigenvalue weighted by atomic mass is 10.1. The molecule has 3 N–H and O–H groups in total. The number of aryl methyl sites for hydroxylation is 1. The van der Waals surface area contributed by atoms with Gasteiger partial charge in [0.2, 0.25) is 10.0 Å². The minimum atomic E-state index is -3.72. The summed E-state index contributed by atoms with van der Waals surface area (Å²) in [7, 11) is -1.96. The van der Waals surface area contributed by atoms with Gasteiger partial charge in [-0.1, -0.05) is 12.1 Å². The summed E-state index contributed by atoms with van der Waals surface area (Å²) in [6.45, 7) is 1.56. The zero-order chi connectivity index (χ0) is 22.7. The zero-order valence-electron chi connectivity index (χ0n) is 17.6. The van der Waals surface area contributed by atoms with Crippen molar-refractivity contribution >= 4 is 15.9 Å². The number of primary sulfonamides is 1. The van der Waals surface area contributed by atoms with Gasteiger partial charge in [-0.3, -0.25) is 9.48 Å². The summed E-state index contributed by atoms with van der Waals surface area (Å²) in [4.78, 5) is 12.9. The van der Waals surface area contributed by atoms with Gasteiger partial charge in [-0.15, -0.1) is 0 Å². The molecule has 0 atom stereocenters. The van der Waals surface area contributed by atoms with Crippen molar-refractivity contribution in [3.8, 4) is 22.8 Å². The Hall–Kier alpha value is -3.37. The number of benzene rings is 2. The van der Waals surface area contributed by atoms with E-state index in [1.165, 1.54) is 12.1 Å². The normalized spacial score (nSPS) is 13.4. The third-order valence-corrected chi connectivity index (χ3v) is 5.97. The highest BCUT2D eigenvalue weighted by molar-refractivity contribution is 7.89. The largest absolute Gasteiger partial charge is 0.490 e. The molecule has 10 heteroatoms. The van der Waals surface area contributed by atoms with Crippen LogP contribution in [0.5, 0.6) is 11.5 Å². The SMILES string of the molecule is Cn1cc(C(=O)NCCc2ccc(S(N)(=O)=O)cc2)c(-c2ccc3c(c2)OCCCO3)n1. The molecule has 9 nitrogen and oxygen atoms in total. The molecule has 2 aromatic carbocycles. The van der Waals surface area contributed by atoms with E-state index >= 15 is 0 Å². The van der Waals surface area contributed by atoms with E-state index in [1.54, 1.807) is 30.1 Å². The fourth-order valence-corrected chi connectivity index (χ4v) is 3.96. The van der Waals surface area contributed by atoms with Gasteiger partial charge >= 0.3 is 0 Å². The summed E-state index contributed by atoms with van der Waals surface area (Å²) >= 11 is 0. The summed E-state index contributed by atoms with van der Waals surface area (Å²) in [5, 5.41) is 12.5. The smallest absolute Gasteiger partial charge is 0.255 e. The van der Waals surface area contributed by atoms with E-state index in [4.69, 9.17) is 14.6 Å². The number of carbonyl (C=O) groups is 1. The van der Waals surface area contributed by atoms with Crippen LogP contribution in [0.25, 0.3) is 11.3 Å². The molecule has 0 radical (unpaired) electrons. The Kier molecular flexibility index (Phi) is 6.15. The fraction of sp³-hybridized carbons (Fsp3) is 0.273. The average Bonchev–Trinajstić information content (AvgIpc) is 3.00. The van der Waals surface area contributed by atoms with Gasteiger partial charge in [-0.25, -0.2) is 13.6 Å². The third kappa shape index (κ3) is 4.92. The van der Waals surface area contributed by atoms with Crippen LogP contribution in [0.4, 0.5) is 0 Å². The molecule has 1 amide bonds. The van der Waals surface area contributed by atoms with Gasteiger partial charge in [0.25, 0.3) is 5.91 Å². The van der Waals surface area contributed by atoms with Crippen LogP contribution in [0, 0.1) is 0 Å². The van der Waals surface area contributed by atoms with Crippen molar-refractivity contribution in [2.24, 2.45) is 12.2 Å². The molecule has 0 saturated heterocycles. The first-order valence-electron chi connectivity index (χ1n) is 10.1. The lowest BCUT2D eigenvalue weighted by molar-refractivity contribution is 0.0954. The molecule has 1 aromatic heterocycles. The second kappa shape index (κ2) is 9.01. The molecule has 0 aliphatic carbocycles. The molecular weight excluding hydrogens is 432 g/mol. The first-order chi connectivity index (χ1) is 15.3. The van der Waals surface area contributed by atoms with Gasteiger partial charge in [0.15, 0.2) is 11.5 Å². The van der Waals surface area contributed by atoms with Gasteiger partial charge in [-0.05, 0) is 42.3 Å².